The van der Waals surface area contributed by atoms with Crippen molar-refractivity contribution in [3.8, 4) is 0 Å². The van der Waals surface area contributed by atoms with E-state index in [2.05, 4.69) is 69.5 Å². The van der Waals surface area contributed by atoms with Crippen molar-refractivity contribution in [2.24, 2.45) is 0 Å². The van der Waals surface area contributed by atoms with Crippen LogP contribution in [-0.2, 0) is 13.0 Å². The van der Waals surface area contributed by atoms with Gasteiger partial charge in [0.05, 0.1) is 6.67 Å². The molecule has 1 fully saturated rings. The standard InChI is InChI=1S/C23H27N3/c1-2-6-20-16-26(14-9-18(20)5-1)17-25-12-10-19(11-13-25)22-15-24-23-8-4-3-7-21(22)23/h1-8,15,19,24H,9-14,16-17H2. The van der Waals surface area contributed by atoms with Gasteiger partial charge in [0.1, 0.15) is 0 Å². The summed E-state index contributed by atoms with van der Waals surface area (Å²) in [4.78, 5) is 8.72. The molecule has 0 spiro atoms. The lowest BCUT2D eigenvalue weighted by Gasteiger charge is -2.37. The maximum Gasteiger partial charge on any atom is 0.0509 e. The Morgan fingerprint density at radius 3 is 2.50 bits per heavy atom. The molecule has 3 nitrogen and oxygen atoms in total. The lowest BCUT2D eigenvalue weighted by molar-refractivity contribution is 0.0979. The van der Waals surface area contributed by atoms with Gasteiger partial charge in [0.2, 0.25) is 0 Å². The Bertz CT molecular complexity index is 889. The van der Waals surface area contributed by atoms with Gasteiger partial charge in [-0.15, -0.1) is 0 Å². The van der Waals surface area contributed by atoms with Gasteiger partial charge in [0, 0.05) is 30.2 Å². The average molecular weight is 345 g/mol. The summed E-state index contributed by atoms with van der Waals surface area (Å²) in [6.45, 7) is 5.84. The van der Waals surface area contributed by atoms with E-state index in [-0.39, 0.29) is 0 Å². The summed E-state index contributed by atoms with van der Waals surface area (Å²) in [6.07, 6.45) is 5.98. The maximum absolute atomic E-state index is 3.45. The van der Waals surface area contributed by atoms with Crippen molar-refractivity contribution < 1.29 is 0 Å². The molecule has 3 aromatic rings. The summed E-state index contributed by atoms with van der Waals surface area (Å²) in [5.41, 5.74) is 5.86. The molecule has 0 radical (unpaired) electrons. The van der Waals surface area contributed by atoms with Crippen molar-refractivity contribution in [2.45, 2.75) is 31.7 Å². The lowest BCUT2D eigenvalue weighted by Crippen LogP contribution is -2.43. The van der Waals surface area contributed by atoms with Crippen molar-refractivity contribution in [3.05, 3.63) is 71.4 Å². The zero-order valence-corrected chi connectivity index (χ0v) is 15.3. The summed E-state index contributed by atoms with van der Waals surface area (Å²) in [6, 6.07) is 17.6. The molecular formula is C23H27N3. The molecule has 0 aliphatic carbocycles. The van der Waals surface area contributed by atoms with Crippen molar-refractivity contribution in [1.82, 2.24) is 14.8 Å². The molecule has 0 saturated carbocycles. The molecule has 2 aliphatic heterocycles. The van der Waals surface area contributed by atoms with E-state index in [0.717, 1.165) is 13.2 Å². The summed E-state index contributed by atoms with van der Waals surface area (Å²) in [5.74, 6) is 0.699. The first-order valence-corrected chi connectivity index (χ1v) is 9.94. The second-order valence-corrected chi connectivity index (χ2v) is 7.89. The van der Waals surface area contributed by atoms with Crippen LogP contribution in [0, 0.1) is 0 Å². The number of piperidine rings is 1. The molecular weight excluding hydrogens is 318 g/mol. The summed E-state index contributed by atoms with van der Waals surface area (Å²) < 4.78 is 0. The highest BCUT2D eigenvalue weighted by Gasteiger charge is 2.25. The SMILES string of the molecule is c1ccc2c(c1)CCN(CN1CCC(c3c[nH]c4ccccc34)CC1)C2. The molecule has 134 valence electrons. The van der Waals surface area contributed by atoms with Gasteiger partial charge >= 0.3 is 0 Å². The predicted octanol–water partition coefficient (Wildman–Crippen LogP) is 4.36. The zero-order chi connectivity index (χ0) is 17.3. The van der Waals surface area contributed by atoms with Gasteiger partial charge in [-0.3, -0.25) is 9.80 Å². The minimum Gasteiger partial charge on any atom is -0.361 e. The van der Waals surface area contributed by atoms with Crippen LogP contribution < -0.4 is 0 Å². The van der Waals surface area contributed by atoms with E-state index in [0.29, 0.717) is 5.92 Å². The maximum atomic E-state index is 3.45. The lowest BCUT2D eigenvalue weighted by atomic mass is 9.89. The van der Waals surface area contributed by atoms with Gasteiger partial charge in [-0.2, -0.15) is 0 Å². The first-order valence-electron chi connectivity index (χ1n) is 9.94. The highest BCUT2D eigenvalue weighted by molar-refractivity contribution is 5.83. The first-order chi connectivity index (χ1) is 12.9. The Morgan fingerprint density at radius 1 is 0.846 bits per heavy atom. The van der Waals surface area contributed by atoms with Gasteiger partial charge in [-0.05, 0) is 61.0 Å². The van der Waals surface area contributed by atoms with Crippen molar-refractivity contribution in [2.75, 3.05) is 26.3 Å². The number of aromatic nitrogens is 1. The molecule has 3 heterocycles. The number of fused-ring (bicyclic) bond motifs is 2. The fourth-order valence-electron chi connectivity index (χ4n) is 4.77. The van der Waals surface area contributed by atoms with E-state index in [9.17, 15) is 0 Å². The zero-order valence-electron chi connectivity index (χ0n) is 15.3. The van der Waals surface area contributed by atoms with E-state index < -0.39 is 0 Å². The van der Waals surface area contributed by atoms with E-state index in [1.54, 1.807) is 5.56 Å². The van der Waals surface area contributed by atoms with E-state index >= 15 is 0 Å². The molecule has 3 heteroatoms. The van der Waals surface area contributed by atoms with Crippen LogP contribution in [0.15, 0.2) is 54.7 Å². The summed E-state index contributed by atoms with van der Waals surface area (Å²) in [5, 5.41) is 1.42. The molecule has 1 N–H and O–H groups in total. The van der Waals surface area contributed by atoms with Crippen molar-refractivity contribution in [3.63, 3.8) is 0 Å². The predicted molar refractivity (Wildman–Crippen MR) is 107 cm³/mol. The number of hydrogen-bond donors (Lipinski definition) is 1. The quantitative estimate of drug-likeness (QED) is 0.762. The molecule has 2 aromatic carbocycles. The number of para-hydroxylation sites is 1. The average Bonchev–Trinajstić information content (AvgIpc) is 3.13. The normalized spacial score (nSPS) is 19.7. The number of nitrogens with one attached hydrogen (secondary N) is 1. The molecule has 2 aliphatic rings. The number of hydrogen-bond acceptors (Lipinski definition) is 2. The topological polar surface area (TPSA) is 22.3 Å². The van der Waals surface area contributed by atoms with Crippen molar-refractivity contribution in [1.29, 1.82) is 0 Å². The van der Waals surface area contributed by atoms with Crippen LogP contribution >= 0.6 is 0 Å². The third-order valence-electron chi connectivity index (χ3n) is 6.26. The number of nitrogens with zero attached hydrogens (tertiary/aromatic N) is 2. The van der Waals surface area contributed by atoms with Gasteiger partial charge in [-0.1, -0.05) is 42.5 Å². The Kier molecular flexibility index (Phi) is 4.27. The van der Waals surface area contributed by atoms with Crippen LogP contribution in [0.4, 0.5) is 0 Å². The minimum atomic E-state index is 0.699. The molecule has 5 rings (SSSR count). The van der Waals surface area contributed by atoms with Crippen LogP contribution in [0.25, 0.3) is 10.9 Å². The molecule has 0 amide bonds. The van der Waals surface area contributed by atoms with Crippen LogP contribution in [0.5, 0.6) is 0 Å². The minimum absolute atomic E-state index is 0.699. The van der Waals surface area contributed by atoms with Crippen LogP contribution in [0.2, 0.25) is 0 Å². The van der Waals surface area contributed by atoms with E-state index in [1.165, 1.54) is 60.9 Å². The van der Waals surface area contributed by atoms with Gasteiger partial charge in [0.15, 0.2) is 0 Å². The Balaban J connectivity index is 1.20. The fraction of sp³-hybridized carbons (Fsp3) is 0.391. The Hall–Kier alpha value is -2.10. The van der Waals surface area contributed by atoms with Crippen LogP contribution in [0.1, 0.15) is 35.4 Å². The van der Waals surface area contributed by atoms with Crippen molar-refractivity contribution >= 4 is 10.9 Å². The number of likely N-dealkylation sites (tertiary alicyclic amines) is 1. The van der Waals surface area contributed by atoms with Crippen LogP contribution in [-0.4, -0.2) is 41.1 Å². The van der Waals surface area contributed by atoms with E-state index in [1.807, 2.05) is 0 Å². The fourth-order valence-corrected chi connectivity index (χ4v) is 4.77. The smallest absolute Gasteiger partial charge is 0.0509 e. The number of benzene rings is 2. The molecule has 26 heavy (non-hydrogen) atoms. The number of H-pyrrole nitrogens is 1. The third-order valence-corrected chi connectivity index (χ3v) is 6.26. The third kappa shape index (κ3) is 3.06. The Labute approximate surface area is 155 Å². The highest BCUT2D eigenvalue weighted by atomic mass is 15.3. The summed E-state index contributed by atoms with van der Waals surface area (Å²) >= 11 is 0. The highest BCUT2D eigenvalue weighted by Crippen LogP contribution is 2.33. The monoisotopic (exact) mass is 345 g/mol. The number of rotatable bonds is 3. The molecule has 0 atom stereocenters. The van der Waals surface area contributed by atoms with Gasteiger partial charge in [0.25, 0.3) is 0 Å². The van der Waals surface area contributed by atoms with E-state index in [4.69, 9.17) is 0 Å². The van der Waals surface area contributed by atoms with Gasteiger partial charge < -0.3 is 4.98 Å². The largest absolute Gasteiger partial charge is 0.361 e. The summed E-state index contributed by atoms with van der Waals surface area (Å²) in [7, 11) is 0. The molecule has 0 unspecified atom stereocenters. The molecule has 0 bridgehead atoms. The molecule has 1 aromatic heterocycles. The van der Waals surface area contributed by atoms with Gasteiger partial charge in [-0.25, -0.2) is 0 Å². The van der Waals surface area contributed by atoms with Crippen LogP contribution in [0.3, 0.4) is 0 Å². The second-order valence-electron chi connectivity index (χ2n) is 7.89. The Morgan fingerprint density at radius 2 is 1.62 bits per heavy atom. The number of aromatic amines is 1. The second kappa shape index (κ2) is 6.90. The molecule has 1 saturated heterocycles. The first kappa shape index (κ1) is 16.1.